The lowest BCUT2D eigenvalue weighted by molar-refractivity contribution is 1.07. The molecular formula is C49H33N3. The Morgan fingerprint density at radius 3 is 1.23 bits per heavy atom. The first-order valence-electron chi connectivity index (χ1n) is 17.5. The van der Waals surface area contributed by atoms with Gasteiger partial charge in [-0.1, -0.05) is 188 Å². The largest absolute Gasteiger partial charge is 0.208 e. The fourth-order valence-electron chi connectivity index (χ4n) is 6.99. The topological polar surface area (TPSA) is 38.7 Å². The number of rotatable bonds is 7. The van der Waals surface area contributed by atoms with E-state index in [0.717, 1.165) is 33.4 Å². The Morgan fingerprint density at radius 2 is 0.635 bits per heavy atom. The van der Waals surface area contributed by atoms with E-state index in [1.54, 1.807) is 0 Å². The van der Waals surface area contributed by atoms with E-state index in [1.165, 1.54) is 38.6 Å². The number of aromatic nitrogens is 3. The van der Waals surface area contributed by atoms with Crippen LogP contribution in [0.4, 0.5) is 0 Å². The van der Waals surface area contributed by atoms with Crippen LogP contribution in [0.3, 0.4) is 0 Å². The molecule has 1 heterocycles. The van der Waals surface area contributed by atoms with Crippen LogP contribution < -0.4 is 0 Å². The van der Waals surface area contributed by atoms with Gasteiger partial charge in [-0.25, -0.2) is 15.0 Å². The summed E-state index contributed by atoms with van der Waals surface area (Å²) in [7, 11) is 0. The van der Waals surface area contributed by atoms with Gasteiger partial charge in [-0.3, -0.25) is 0 Å². The SMILES string of the molecule is c1ccc(-c2cccc(-c3nc(-c4ccccc4)nc(-c4ccc(-c5c(-c6ccccc6)cc(-c6ccccc6)c6ccccc56)cc4)n3)c2)cc1. The monoisotopic (exact) mass is 663 g/mol. The van der Waals surface area contributed by atoms with Gasteiger partial charge < -0.3 is 0 Å². The maximum atomic E-state index is 5.07. The fourth-order valence-corrected chi connectivity index (χ4v) is 6.99. The molecule has 9 rings (SSSR count). The third-order valence-corrected chi connectivity index (χ3v) is 9.54. The van der Waals surface area contributed by atoms with Crippen molar-refractivity contribution in [3.63, 3.8) is 0 Å². The molecular weight excluding hydrogens is 631 g/mol. The summed E-state index contributed by atoms with van der Waals surface area (Å²) in [4.78, 5) is 15.1. The van der Waals surface area contributed by atoms with Crippen molar-refractivity contribution in [3.05, 3.63) is 200 Å². The lowest BCUT2D eigenvalue weighted by Crippen LogP contribution is -2.00. The average molecular weight is 664 g/mol. The molecule has 1 aromatic heterocycles. The van der Waals surface area contributed by atoms with Crippen LogP contribution in [0.1, 0.15) is 0 Å². The number of nitrogens with zero attached hydrogens (tertiary/aromatic N) is 3. The van der Waals surface area contributed by atoms with E-state index in [0.29, 0.717) is 17.5 Å². The van der Waals surface area contributed by atoms with Gasteiger partial charge in [0, 0.05) is 16.7 Å². The molecule has 8 aromatic carbocycles. The van der Waals surface area contributed by atoms with Crippen molar-refractivity contribution >= 4 is 10.8 Å². The molecule has 0 aliphatic heterocycles. The van der Waals surface area contributed by atoms with Crippen molar-refractivity contribution in [1.29, 1.82) is 0 Å². The molecule has 0 atom stereocenters. The average Bonchev–Trinajstić information content (AvgIpc) is 3.24. The third kappa shape index (κ3) is 6.06. The normalized spacial score (nSPS) is 11.1. The molecule has 3 nitrogen and oxygen atoms in total. The molecule has 0 aliphatic carbocycles. The Kier molecular flexibility index (Phi) is 8.20. The summed E-state index contributed by atoms with van der Waals surface area (Å²) in [5.41, 5.74) is 12.2. The van der Waals surface area contributed by atoms with Gasteiger partial charge >= 0.3 is 0 Å². The van der Waals surface area contributed by atoms with Gasteiger partial charge in [-0.15, -0.1) is 0 Å². The molecule has 9 aromatic rings. The molecule has 0 amide bonds. The zero-order valence-corrected chi connectivity index (χ0v) is 28.4. The van der Waals surface area contributed by atoms with E-state index >= 15 is 0 Å². The molecule has 52 heavy (non-hydrogen) atoms. The Labute approximate surface area is 303 Å². The number of hydrogen-bond acceptors (Lipinski definition) is 3. The fraction of sp³-hybridized carbons (Fsp3) is 0. The summed E-state index contributed by atoms with van der Waals surface area (Å²) in [5, 5.41) is 2.43. The molecule has 0 fully saturated rings. The second-order valence-electron chi connectivity index (χ2n) is 12.8. The second kappa shape index (κ2) is 13.7. The highest BCUT2D eigenvalue weighted by Crippen LogP contribution is 2.43. The lowest BCUT2D eigenvalue weighted by Gasteiger charge is -2.18. The van der Waals surface area contributed by atoms with Crippen molar-refractivity contribution in [2.24, 2.45) is 0 Å². The van der Waals surface area contributed by atoms with Crippen molar-refractivity contribution in [3.8, 4) is 78.7 Å². The zero-order chi connectivity index (χ0) is 34.7. The molecule has 0 saturated carbocycles. The predicted molar refractivity (Wildman–Crippen MR) is 215 cm³/mol. The Balaban J connectivity index is 1.19. The van der Waals surface area contributed by atoms with Crippen LogP contribution >= 0.6 is 0 Å². The van der Waals surface area contributed by atoms with Crippen LogP contribution in [-0.2, 0) is 0 Å². The molecule has 244 valence electrons. The smallest absolute Gasteiger partial charge is 0.164 e. The van der Waals surface area contributed by atoms with Gasteiger partial charge in [-0.05, 0) is 67.4 Å². The van der Waals surface area contributed by atoms with Gasteiger partial charge in [0.15, 0.2) is 17.5 Å². The van der Waals surface area contributed by atoms with Crippen molar-refractivity contribution in [2.75, 3.05) is 0 Å². The van der Waals surface area contributed by atoms with Crippen LogP contribution in [0.15, 0.2) is 200 Å². The van der Waals surface area contributed by atoms with E-state index in [-0.39, 0.29) is 0 Å². The molecule has 0 radical (unpaired) electrons. The molecule has 0 saturated heterocycles. The summed E-state index contributed by atoms with van der Waals surface area (Å²) < 4.78 is 0. The first kappa shape index (κ1) is 31.0. The minimum Gasteiger partial charge on any atom is -0.208 e. The van der Waals surface area contributed by atoms with Gasteiger partial charge in [-0.2, -0.15) is 0 Å². The van der Waals surface area contributed by atoms with Gasteiger partial charge in [0.05, 0.1) is 0 Å². The second-order valence-corrected chi connectivity index (χ2v) is 12.8. The van der Waals surface area contributed by atoms with Crippen LogP contribution in [0, 0.1) is 0 Å². The van der Waals surface area contributed by atoms with Gasteiger partial charge in [0.25, 0.3) is 0 Å². The van der Waals surface area contributed by atoms with Gasteiger partial charge in [0.2, 0.25) is 0 Å². The van der Waals surface area contributed by atoms with Crippen LogP contribution in [0.2, 0.25) is 0 Å². The maximum Gasteiger partial charge on any atom is 0.164 e. The summed E-state index contributed by atoms with van der Waals surface area (Å²) in [6.45, 7) is 0. The third-order valence-electron chi connectivity index (χ3n) is 9.54. The number of benzene rings is 8. The maximum absolute atomic E-state index is 5.07. The number of hydrogen-bond donors (Lipinski definition) is 0. The van der Waals surface area contributed by atoms with Gasteiger partial charge in [0.1, 0.15) is 0 Å². The van der Waals surface area contributed by atoms with Crippen molar-refractivity contribution in [2.45, 2.75) is 0 Å². The Bertz CT molecular complexity index is 2640. The highest BCUT2D eigenvalue weighted by molar-refractivity contribution is 6.10. The van der Waals surface area contributed by atoms with E-state index in [9.17, 15) is 0 Å². The summed E-state index contributed by atoms with van der Waals surface area (Å²) in [5.74, 6) is 1.91. The number of fused-ring (bicyclic) bond motifs is 1. The zero-order valence-electron chi connectivity index (χ0n) is 28.4. The summed E-state index contributed by atoms with van der Waals surface area (Å²) >= 11 is 0. The minimum absolute atomic E-state index is 0.632. The first-order chi connectivity index (χ1) is 25.8. The molecule has 0 bridgehead atoms. The standard InChI is InChI=1S/C49H33N3/c1-5-16-34(17-6-1)40-24-15-25-41(32-40)49-51-47(38-22-11-4-12-23-38)50-48(52-49)39-30-28-37(29-31-39)46-43-27-14-13-26-42(43)44(35-18-7-2-8-19-35)33-45(46)36-20-9-3-10-21-36/h1-33H. The highest BCUT2D eigenvalue weighted by Gasteiger charge is 2.18. The van der Waals surface area contributed by atoms with E-state index in [4.69, 9.17) is 15.0 Å². The predicted octanol–water partition coefficient (Wildman–Crippen LogP) is 12.7. The molecule has 0 spiro atoms. The van der Waals surface area contributed by atoms with Crippen molar-refractivity contribution < 1.29 is 0 Å². The Hall–Kier alpha value is -6.97. The minimum atomic E-state index is 0.632. The van der Waals surface area contributed by atoms with Crippen LogP contribution in [0.5, 0.6) is 0 Å². The van der Waals surface area contributed by atoms with E-state index in [1.807, 2.05) is 36.4 Å². The van der Waals surface area contributed by atoms with Crippen LogP contribution in [-0.4, -0.2) is 15.0 Å². The lowest BCUT2D eigenvalue weighted by atomic mass is 9.85. The quantitative estimate of drug-likeness (QED) is 0.170. The highest BCUT2D eigenvalue weighted by atomic mass is 15.0. The summed E-state index contributed by atoms with van der Waals surface area (Å²) in [6, 6.07) is 70.0. The molecule has 0 N–H and O–H groups in total. The Morgan fingerprint density at radius 1 is 0.231 bits per heavy atom. The summed E-state index contributed by atoms with van der Waals surface area (Å²) in [6.07, 6.45) is 0. The first-order valence-corrected chi connectivity index (χ1v) is 17.5. The molecule has 3 heteroatoms. The van der Waals surface area contributed by atoms with Crippen LogP contribution in [0.25, 0.3) is 89.4 Å². The van der Waals surface area contributed by atoms with E-state index in [2.05, 4.69) is 164 Å². The molecule has 0 aliphatic rings. The molecule has 0 unspecified atom stereocenters. The van der Waals surface area contributed by atoms with E-state index < -0.39 is 0 Å². The van der Waals surface area contributed by atoms with Crippen molar-refractivity contribution in [1.82, 2.24) is 15.0 Å².